The monoisotopic (exact) mass is 189 g/mol. The molecule has 0 aliphatic heterocycles. The van der Waals surface area contributed by atoms with Crippen LogP contribution < -0.4 is 11.4 Å². The van der Waals surface area contributed by atoms with E-state index in [4.69, 9.17) is 5.73 Å². The molecule has 2 aromatic rings. The van der Waals surface area contributed by atoms with Crippen molar-refractivity contribution in [3.8, 4) is 0 Å². The molecule has 0 atom stereocenters. The largest absolute Gasteiger partial charge is 0.398 e. The summed E-state index contributed by atoms with van der Waals surface area (Å²) < 4.78 is 1.58. The molecular weight excluding hydrogens is 178 g/mol. The molecule has 0 bridgehead atoms. The molecular formula is C10H11N3O. The lowest BCUT2D eigenvalue weighted by Gasteiger charge is -2.04. The standard InChI is InChI=1S/C10H11N3O/c11-9-4-2-1-3-8(9)7-13-6-5-12-10(13)14/h1-6H,7,11H2,(H,12,14). The van der Waals surface area contributed by atoms with Gasteiger partial charge in [0.2, 0.25) is 0 Å². The molecule has 1 aromatic carbocycles. The van der Waals surface area contributed by atoms with Gasteiger partial charge in [0.05, 0.1) is 6.54 Å². The van der Waals surface area contributed by atoms with Gasteiger partial charge in [-0.05, 0) is 11.6 Å². The number of nitrogens with zero attached hydrogens (tertiary/aromatic N) is 1. The van der Waals surface area contributed by atoms with Crippen LogP contribution in [0.25, 0.3) is 0 Å². The zero-order valence-corrected chi connectivity index (χ0v) is 7.60. The van der Waals surface area contributed by atoms with E-state index in [0.717, 1.165) is 5.56 Å². The minimum absolute atomic E-state index is 0.117. The van der Waals surface area contributed by atoms with Gasteiger partial charge in [-0.1, -0.05) is 18.2 Å². The predicted molar refractivity (Wildman–Crippen MR) is 55.0 cm³/mol. The summed E-state index contributed by atoms with van der Waals surface area (Å²) in [5, 5.41) is 0. The minimum Gasteiger partial charge on any atom is -0.398 e. The van der Waals surface area contributed by atoms with E-state index in [-0.39, 0.29) is 5.69 Å². The number of hydrogen-bond acceptors (Lipinski definition) is 2. The molecule has 4 heteroatoms. The highest BCUT2D eigenvalue weighted by Crippen LogP contribution is 2.10. The average molecular weight is 189 g/mol. The molecule has 1 heterocycles. The maximum absolute atomic E-state index is 11.2. The number of aromatic amines is 1. The topological polar surface area (TPSA) is 63.8 Å². The van der Waals surface area contributed by atoms with Crippen molar-refractivity contribution in [2.45, 2.75) is 6.54 Å². The van der Waals surface area contributed by atoms with Crippen LogP contribution in [0.5, 0.6) is 0 Å². The molecule has 4 nitrogen and oxygen atoms in total. The summed E-state index contributed by atoms with van der Waals surface area (Å²) in [6.07, 6.45) is 3.32. The summed E-state index contributed by atoms with van der Waals surface area (Å²) in [6.45, 7) is 0.509. The molecule has 0 unspecified atom stereocenters. The molecule has 0 radical (unpaired) electrons. The fourth-order valence-corrected chi connectivity index (χ4v) is 1.34. The lowest BCUT2D eigenvalue weighted by molar-refractivity contribution is 0.763. The first kappa shape index (κ1) is 8.62. The number of benzene rings is 1. The summed E-state index contributed by atoms with van der Waals surface area (Å²) in [5.74, 6) is 0. The molecule has 0 saturated carbocycles. The van der Waals surface area contributed by atoms with Gasteiger partial charge in [-0.2, -0.15) is 0 Å². The molecule has 0 saturated heterocycles. The third kappa shape index (κ3) is 1.54. The van der Waals surface area contributed by atoms with Gasteiger partial charge in [-0.3, -0.25) is 4.57 Å². The molecule has 2 rings (SSSR count). The fraction of sp³-hybridized carbons (Fsp3) is 0.100. The Morgan fingerprint density at radius 3 is 2.79 bits per heavy atom. The van der Waals surface area contributed by atoms with Crippen LogP contribution in [0.3, 0.4) is 0 Å². The Kier molecular flexibility index (Phi) is 2.10. The van der Waals surface area contributed by atoms with Gasteiger partial charge in [0.1, 0.15) is 0 Å². The highest BCUT2D eigenvalue weighted by Gasteiger charge is 2.00. The summed E-state index contributed by atoms with van der Waals surface area (Å²) >= 11 is 0. The first-order valence-corrected chi connectivity index (χ1v) is 4.34. The Bertz CT molecular complexity index is 484. The van der Waals surface area contributed by atoms with Gasteiger partial charge in [-0.25, -0.2) is 4.79 Å². The maximum atomic E-state index is 11.2. The normalized spacial score (nSPS) is 10.3. The zero-order chi connectivity index (χ0) is 9.97. The second kappa shape index (κ2) is 3.41. The van der Waals surface area contributed by atoms with E-state index in [1.54, 1.807) is 17.0 Å². The van der Waals surface area contributed by atoms with Crippen molar-refractivity contribution >= 4 is 5.69 Å². The van der Waals surface area contributed by atoms with E-state index in [1.807, 2.05) is 24.3 Å². The van der Waals surface area contributed by atoms with Crippen LogP contribution in [0.4, 0.5) is 5.69 Å². The second-order valence-electron chi connectivity index (χ2n) is 3.09. The van der Waals surface area contributed by atoms with Crippen LogP contribution in [0.1, 0.15) is 5.56 Å². The Hall–Kier alpha value is -1.97. The van der Waals surface area contributed by atoms with E-state index < -0.39 is 0 Å². The van der Waals surface area contributed by atoms with Crippen LogP contribution in [0.15, 0.2) is 41.5 Å². The molecule has 0 fully saturated rings. The van der Waals surface area contributed by atoms with Gasteiger partial charge in [0, 0.05) is 18.1 Å². The third-order valence-electron chi connectivity index (χ3n) is 2.12. The van der Waals surface area contributed by atoms with Crippen molar-refractivity contribution < 1.29 is 0 Å². The van der Waals surface area contributed by atoms with E-state index in [9.17, 15) is 4.79 Å². The second-order valence-corrected chi connectivity index (χ2v) is 3.09. The van der Waals surface area contributed by atoms with Crippen molar-refractivity contribution in [2.24, 2.45) is 0 Å². The summed E-state index contributed by atoms with van der Waals surface area (Å²) in [6, 6.07) is 7.52. The lowest BCUT2D eigenvalue weighted by Crippen LogP contribution is -2.17. The van der Waals surface area contributed by atoms with Gasteiger partial charge < -0.3 is 10.7 Å². The third-order valence-corrected chi connectivity index (χ3v) is 2.12. The molecule has 72 valence electrons. The Morgan fingerprint density at radius 1 is 1.36 bits per heavy atom. The smallest absolute Gasteiger partial charge is 0.325 e. The Morgan fingerprint density at radius 2 is 2.14 bits per heavy atom. The predicted octanol–water partition coefficient (Wildman–Crippen LogP) is 0.807. The van der Waals surface area contributed by atoms with Crippen LogP contribution in [0.2, 0.25) is 0 Å². The van der Waals surface area contributed by atoms with E-state index in [1.165, 1.54) is 0 Å². The van der Waals surface area contributed by atoms with Gasteiger partial charge in [0.15, 0.2) is 0 Å². The first-order valence-electron chi connectivity index (χ1n) is 4.34. The van der Waals surface area contributed by atoms with Crippen molar-refractivity contribution in [1.29, 1.82) is 0 Å². The molecule has 3 N–H and O–H groups in total. The van der Waals surface area contributed by atoms with Crippen molar-refractivity contribution in [1.82, 2.24) is 9.55 Å². The molecule has 14 heavy (non-hydrogen) atoms. The van der Waals surface area contributed by atoms with Crippen molar-refractivity contribution in [3.63, 3.8) is 0 Å². The molecule has 0 spiro atoms. The van der Waals surface area contributed by atoms with Gasteiger partial charge in [-0.15, -0.1) is 0 Å². The SMILES string of the molecule is Nc1ccccc1Cn1cc[nH]c1=O. The van der Waals surface area contributed by atoms with Crippen LogP contribution in [0, 0.1) is 0 Å². The Balaban J connectivity index is 2.32. The van der Waals surface area contributed by atoms with E-state index in [0.29, 0.717) is 12.2 Å². The molecule has 0 aliphatic carbocycles. The van der Waals surface area contributed by atoms with Crippen molar-refractivity contribution in [3.05, 3.63) is 52.7 Å². The van der Waals surface area contributed by atoms with Gasteiger partial charge in [0.25, 0.3) is 0 Å². The summed E-state index contributed by atoms with van der Waals surface area (Å²) in [5.41, 5.74) is 7.31. The number of rotatable bonds is 2. The highest BCUT2D eigenvalue weighted by molar-refractivity contribution is 5.46. The van der Waals surface area contributed by atoms with Crippen LogP contribution in [-0.2, 0) is 6.54 Å². The molecule has 1 aromatic heterocycles. The number of anilines is 1. The fourth-order valence-electron chi connectivity index (χ4n) is 1.34. The zero-order valence-electron chi connectivity index (χ0n) is 7.60. The number of para-hydroxylation sites is 1. The number of nitrogens with two attached hydrogens (primary N) is 1. The summed E-state index contributed by atoms with van der Waals surface area (Å²) in [7, 11) is 0. The first-order chi connectivity index (χ1) is 6.77. The lowest BCUT2D eigenvalue weighted by atomic mass is 10.2. The number of aromatic nitrogens is 2. The molecule has 0 aliphatic rings. The van der Waals surface area contributed by atoms with Crippen molar-refractivity contribution in [2.75, 3.05) is 5.73 Å². The Labute approximate surface area is 81.0 Å². The number of imidazole rings is 1. The average Bonchev–Trinajstić information content (AvgIpc) is 2.56. The quantitative estimate of drug-likeness (QED) is 0.686. The number of nitrogen functional groups attached to an aromatic ring is 1. The van der Waals surface area contributed by atoms with E-state index in [2.05, 4.69) is 4.98 Å². The highest BCUT2D eigenvalue weighted by atomic mass is 16.1. The van der Waals surface area contributed by atoms with Gasteiger partial charge >= 0.3 is 5.69 Å². The number of hydrogen-bond donors (Lipinski definition) is 2. The number of H-pyrrole nitrogens is 1. The summed E-state index contributed by atoms with van der Waals surface area (Å²) in [4.78, 5) is 13.8. The molecule has 0 amide bonds. The number of nitrogens with one attached hydrogen (secondary N) is 1. The van der Waals surface area contributed by atoms with E-state index >= 15 is 0 Å². The maximum Gasteiger partial charge on any atom is 0.325 e. The van der Waals surface area contributed by atoms with Crippen LogP contribution in [-0.4, -0.2) is 9.55 Å². The van der Waals surface area contributed by atoms with Crippen LogP contribution >= 0.6 is 0 Å². The minimum atomic E-state index is -0.117.